The van der Waals surface area contributed by atoms with Crippen molar-refractivity contribution in [2.45, 2.75) is 6.61 Å². The molecule has 0 atom stereocenters. The van der Waals surface area contributed by atoms with Gasteiger partial charge in [0.15, 0.2) is 5.76 Å². The first-order chi connectivity index (χ1) is 14.0. The molecule has 0 unspecified atom stereocenters. The average Bonchev–Trinajstić information content (AvgIpc) is 3.37. The quantitative estimate of drug-likeness (QED) is 0.311. The molecular formula is C19H11ClFN3O5. The van der Waals surface area contributed by atoms with Crippen molar-refractivity contribution in [3.8, 4) is 28.8 Å². The molecule has 4 aromatic rings. The van der Waals surface area contributed by atoms with E-state index in [2.05, 4.69) is 10.1 Å². The number of rotatable bonds is 6. The van der Waals surface area contributed by atoms with Crippen molar-refractivity contribution in [2.24, 2.45) is 0 Å². The van der Waals surface area contributed by atoms with Crippen LogP contribution in [0.1, 0.15) is 5.76 Å². The van der Waals surface area contributed by atoms with Gasteiger partial charge < -0.3 is 13.7 Å². The minimum Gasteiger partial charge on any atom is -0.484 e. The summed E-state index contributed by atoms with van der Waals surface area (Å²) in [6.07, 6.45) is 0. The zero-order valence-electron chi connectivity index (χ0n) is 14.5. The molecule has 0 aliphatic carbocycles. The van der Waals surface area contributed by atoms with Gasteiger partial charge in [-0.2, -0.15) is 4.98 Å². The molecule has 0 saturated heterocycles. The molecule has 0 bridgehead atoms. The third-order valence-corrected chi connectivity index (χ3v) is 4.19. The summed E-state index contributed by atoms with van der Waals surface area (Å²) in [7, 11) is 0. The summed E-state index contributed by atoms with van der Waals surface area (Å²) in [5.74, 6) is 1.07. The van der Waals surface area contributed by atoms with Gasteiger partial charge in [-0.05, 0) is 42.5 Å². The van der Waals surface area contributed by atoms with Gasteiger partial charge in [-0.15, -0.1) is 0 Å². The number of furan rings is 1. The molecule has 0 N–H and O–H groups in total. The number of aromatic nitrogens is 2. The van der Waals surface area contributed by atoms with Crippen LogP contribution in [0.2, 0.25) is 5.02 Å². The molecule has 2 aromatic heterocycles. The van der Waals surface area contributed by atoms with E-state index >= 15 is 0 Å². The van der Waals surface area contributed by atoms with Crippen LogP contribution in [0, 0.1) is 15.9 Å². The standard InChI is InChI=1S/C19H11ClFN3O5/c20-15-9-12(21)3-7-16(15)27-10-14-6-8-17(28-14)19-22-18(23-29-19)11-1-4-13(5-2-11)24(25)26/h1-9H,10H2. The molecule has 2 heterocycles. The van der Waals surface area contributed by atoms with E-state index in [1.54, 1.807) is 12.1 Å². The molecule has 146 valence electrons. The first-order valence-electron chi connectivity index (χ1n) is 8.25. The second-order valence-electron chi connectivity index (χ2n) is 5.86. The average molecular weight is 416 g/mol. The summed E-state index contributed by atoms with van der Waals surface area (Å²) >= 11 is 5.92. The number of nitro benzene ring substituents is 1. The highest BCUT2D eigenvalue weighted by Gasteiger charge is 2.16. The molecule has 0 radical (unpaired) electrons. The van der Waals surface area contributed by atoms with Crippen molar-refractivity contribution in [1.82, 2.24) is 10.1 Å². The molecule has 0 amide bonds. The van der Waals surface area contributed by atoms with Gasteiger partial charge in [0.05, 0.1) is 9.95 Å². The summed E-state index contributed by atoms with van der Waals surface area (Å²) in [6, 6.07) is 12.9. The maximum absolute atomic E-state index is 13.1. The summed E-state index contributed by atoms with van der Waals surface area (Å²) in [4.78, 5) is 14.5. The van der Waals surface area contributed by atoms with Crippen molar-refractivity contribution < 1.29 is 23.0 Å². The molecule has 0 aliphatic heterocycles. The van der Waals surface area contributed by atoms with E-state index in [0.29, 0.717) is 22.8 Å². The van der Waals surface area contributed by atoms with E-state index in [4.69, 9.17) is 25.3 Å². The van der Waals surface area contributed by atoms with Crippen LogP contribution in [0.4, 0.5) is 10.1 Å². The number of hydrogen-bond acceptors (Lipinski definition) is 7. The van der Waals surface area contributed by atoms with Crippen LogP contribution in [-0.2, 0) is 6.61 Å². The lowest BCUT2D eigenvalue weighted by Crippen LogP contribution is -1.94. The molecule has 8 nitrogen and oxygen atoms in total. The Hall–Kier alpha value is -3.72. The van der Waals surface area contributed by atoms with Gasteiger partial charge in [-0.25, -0.2) is 4.39 Å². The van der Waals surface area contributed by atoms with E-state index in [-0.39, 0.29) is 29.0 Å². The lowest BCUT2D eigenvalue weighted by molar-refractivity contribution is -0.384. The SMILES string of the molecule is O=[N+]([O-])c1ccc(-c2noc(-c3ccc(COc4ccc(F)cc4Cl)o3)n2)cc1. The van der Waals surface area contributed by atoms with Crippen LogP contribution >= 0.6 is 11.6 Å². The number of hydrogen-bond donors (Lipinski definition) is 0. The van der Waals surface area contributed by atoms with Crippen LogP contribution < -0.4 is 4.74 Å². The lowest BCUT2D eigenvalue weighted by atomic mass is 10.2. The maximum atomic E-state index is 13.1. The fourth-order valence-electron chi connectivity index (χ4n) is 2.48. The highest BCUT2D eigenvalue weighted by Crippen LogP contribution is 2.28. The Morgan fingerprint density at radius 1 is 1.14 bits per heavy atom. The van der Waals surface area contributed by atoms with E-state index in [1.807, 2.05) is 0 Å². The summed E-state index contributed by atoms with van der Waals surface area (Å²) in [5, 5.41) is 14.7. The van der Waals surface area contributed by atoms with Crippen LogP contribution in [-0.4, -0.2) is 15.1 Å². The Balaban J connectivity index is 1.46. The second-order valence-corrected chi connectivity index (χ2v) is 6.26. The number of nitrogens with zero attached hydrogens (tertiary/aromatic N) is 3. The third-order valence-electron chi connectivity index (χ3n) is 3.90. The normalized spacial score (nSPS) is 10.8. The fourth-order valence-corrected chi connectivity index (χ4v) is 2.71. The molecule has 0 fully saturated rings. The van der Waals surface area contributed by atoms with Gasteiger partial charge in [0.25, 0.3) is 11.6 Å². The highest BCUT2D eigenvalue weighted by atomic mass is 35.5. The second kappa shape index (κ2) is 7.72. The van der Waals surface area contributed by atoms with Gasteiger partial charge in [0, 0.05) is 17.7 Å². The number of nitro groups is 1. The summed E-state index contributed by atoms with van der Waals surface area (Å²) in [5.41, 5.74) is 0.529. The van der Waals surface area contributed by atoms with Gasteiger partial charge in [-0.1, -0.05) is 16.8 Å². The summed E-state index contributed by atoms with van der Waals surface area (Å²) in [6.45, 7) is 0.0642. The molecule has 10 heteroatoms. The van der Waals surface area contributed by atoms with Crippen LogP contribution in [0.5, 0.6) is 5.75 Å². The highest BCUT2D eigenvalue weighted by molar-refractivity contribution is 6.32. The van der Waals surface area contributed by atoms with Crippen molar-refractivity contribution in [3.05, 3.63) is 81.3 Å². The Bertz CT molecular complexity index is 1170. The van der Waals surface area contributed by atoms with Crippen molar-refractivity contribution in [2.75, 3.05) is 0 Å². The smallest absolute Gasteiger partial charge is 0.293 e. The molecule has 2 aromatic carbocycles. The topological polar surface area (TPSA) is 104 Å². The number of non-ortho nitro benzene ring substituents is 1. The minimum absolute atomic E-state index is 0.0330. The van der Waals surface area contributed by atoms with Gasteiger partial charge in [0.2, 0.25) is 5.82 Å². The Morgan fingerprint density at radius 3 is 2.66 bits per heavy atom. The van der Waals surface area contributed by atoms with Crippen LogP contribution in [0.3, 0.4) is 0 Å². The van der Waals surface area contributed by atoms with Crippen LogP contribution in [0.15, 0.2) is 63.5 Å². The first-order valence-corrected chi connectivity index (χ1v) is 8.63. The minimum atomic E-state index is -0.489. The Labute approximate surface area is 167 Å². The van der Waals surface area contributed by atoms with E-state index in [1.165, 1.54) is 36.4 Å². The van der Waals surface area contributed by atoms with E-state index in [9.17, 15) is 14.5 Å². The zero-order chi connectivity index (χ0) is 20.4. The Kier molecular flexibility index (Phi) is 4.96. The number of benzene rings is 2. The van der Waals surface area contributed by atoms with Gasteiger partial charge in [-0.3, -0.25) is 10.1 Å². The van der Waals surface area contributed by atoms with Gasteiger partial charge in [0.1, 0.15) is 23.9 Å². The molecule has 0 aliphatic rings. The third kappa shape index (κ3) is 4.09. The van der Waals surface area contributed by atoms with E-state index < -0.39 is 10.7 Å². The van der Waals surface area contributed by atoms with E-state index in [0.717, 1.165) is 6.07 Å². The van der Waals surface area contributed by atoms with Crippen molar-refractivity contribution in [1.29, 1.82) is 0 Å². The number of halogens is 2. The van der Waals surface area contributed by atoms with Crippen LogP contribution in [0.25, 0.3) is 23.0 Å². The zero-order valence-corrected chi connectivity index (χ0v) is 15.3. The van der Waals surface area contributed by atoms with Gasteiger partial charge >= 0.3 is 0 Å². The van der Waals surface area contributed by atoms with Crippen molar-refractivity contribution in [3.63, 3.8) is 0 Å². The molecule has 29 heavy (non-hydrogen) atoms. The lowest BCUT2D eigenvalue weighted by Gasteiger charge is -2.05. The molecule has 4 rings (SSSR count). The first kappa shape index (κ1) is 18.6. The fraction of sp³-hybridized carbons (Fsp3) is 0.0526. The summed E-state index contributed by atoms with van der Waals surface area (Å²) < 4.78 is 29.4. The predicted molar refractivity (Wildman–Crippen MR) is 99.8 cm³/mol. The van der Waals surface area contributed by atoms with Crippen molar-refractivity contribution >= 4 is 17.3 Å². The predicted octanol–water partition coefficient (Wildman–Crippen LogP) is 5.28. The monoisotopic (exact) mass is 415 g/mol. The molecule has 0 saturated carbocycles. The molecule has 0 spiro atoms. The maximum Gasteiger partial charge on any atom is 0.293 e. The molecular weight excluding hydrogens is 405 g/mol. The number of ether oxygens (including phenoxy) is 1. The largest absolute Gasteiger partial charge is 0.484 e. The Morgan fingerprint density at radius 2 is 1.93 bits per heavy atom.